The number of hydrogen-bond donors (Lipinski definition) is 2. The van der Waals surface area contributed by atoms with Gasteiger partial charge in [-0.15, -0.1) is 0 Å². The van der Waals surface area contributed by atoms with Gasteiger partial charge in [0.05, 0.1) is 22.6 Å². The Bertz CT molecular complexity index is 776. The molecule has 0 bridgehead atoms. The van der Waals surface area contributed by atoms with Crippen molar-refractivity contribution in [1.29, 1.82) is 0 Å². The van der Waals surface area contributed by atoms with Crippen molar-refractivity contribution in [2.75, 3.05) is 6.61 Å². The first-order chi connectivity index (χ1) is 9.69. The lowest BCUT2D eigenvalue weighted by atomic mass is 10.3. The summed E-state index contributed by atoms with van der Waals surface area (Å²) in [6, 6.07) is 5.40. The van der Waals surface area contributed by atoms with Crippen LogP contribution < -0.4 is 4.74 Å². The van der Waals surface area contributed by atoms with Gasteiger partial charge in [0, 0.05) is 6.07 Å². The van der Waals surface area contributed by atoms with Crippen LogP contribution in [0.2, 0.25) is 0 Å². The average Bonchev–Trinajstić information content (AvgIpc) is 3.04. The predicted molar refractivity (Wildman–Crippen MR) is 71.5 cm³/mol. The highest BCUT2D eigenvalue weighted by Crippen LogP contribution is 2.28. The van der Waals surface area contributed by atoms with Crippen LogP contribution in [0.1, 0.15) is 6.92 Å². The van der Waals surface area contributed by atoms with Gasteiger partial charge in [0.15, 0.2) is 11.5 Å². The Balaban J connectivity index is 2.08. The molecule has 0 unspecified atom stereocenters. The topological polar surface area (TPSA) is 110 Å². The van der Waals surface area contributed by atoms with Gasteiger partial charge in [0.25, 0.3) is 0 Å². The summed E-state index contributed by atoms with van der Waals surface area (Å²) in [6.45, 7) is 2.47. The zero-order chi connectivity index (χ0) is 14.1. The van der Waals surface area contributed by atoms with Gasteiger partial charge in [-0.1, -0.05) is 0 Å². The fourth-order valence-corrected chi connectivity index (χ4v) is 1.96. The summed E-state index contributed by atoms with van der Waals surface area (Å²) in [6.07, 6.45) is 1.16. The predicted octanol–water partition coefficient (Wildman–Crippen LogP) is 2.26. The monoisotopic (exact) mass is 273 g/mol. The normalized spacial score (nSPS) is 10.8. The number of nitrogens with zero attached hydrogens (tertiary/aromatic N) is 3. The number of H-pyrrole nitrogens is 2. The molecule has 0 saturated carbocycles. The molecule has 0 aliphatic heterocycles. The maximum Gasteiger partial charge on any atom is 0.317 e. The van der Waals surface area contributed by atoms with Gasteiger partial charge in [-0.3, -0.25) is 15.2 Å². The molecule has 0 aliphatic rings. The molecule has 0 aliphatic carbocycles. The van der Waals surface area contributed by atoms with Crippen molar-refractivity contribution in [3.05, 3.63) is 34.5 Å². The van der Waals surface area contributed by atoms with Crippen molar-refractivity contribution >= 4 is 16.7 Å². The first kappa shape index (κ1) is 12.2. The number of nitrogens with one attached hydrogen (secondary N) is 2. The standard InChI is InChI=1S/C12H11N5O3/c1-2-20-7-3-4-8-9(5-7)15-12(14-8)11-10(17(18)19)6-13-16-11/h3-6H,2H2,1H3,(H,13,16)(H,14,15). The summed E-state index contributed by atoms with van der Waals surface area (Å²) in [5.74, 6) is 1.09. The molecule has 0 saturated heterocycles. The van der Waals surface area contributed by atoms with Crippen molar-refractivity contribution in [3.63, 3.8) is 0 Å². The number of benzene rings is 1. The van der Waals surface area contributed by atoms with E-state index in [2.05, 4.69) is 20.2 Å². The molecule has 8 heteroatoms. The van der Waals surface area contributed by atoms with Gasteiger partial charge in [-0.05, 0) is 19.1 Å². The molecular formula is C12H11N5O3. The maximum absolute atomic E-state index is 10.9. The lowest BCUT2D eigenvalue weighted by molar-refractivity contribution is -0.384. The molecule has 2 aromatic heterocycles. The summed E-state index contributed by atoms with van der Waals surface area (Å²) >= 11 is 0. The first-order valence-corrected chi connectivity index (χ1v) is 5.99. The Kier molecular flexibility index (Phi) is 2.82. The van der Waals surface area contributed by atoms with E-state index in [0.717, 1.165) is 11.7 Å². The minimum absolute atomic E-state index is 0.117. The molecule has 0 radical (unpaired) electrons. The van der Waals surface area contributed by atoms with Crippen molar-refractivity contribution in [1.82, 2.24) is 20.2 Å². The first-order valence-electron chi connectivity index (χ1n) is 5.99. The lowest BCUT2D eigenvalue weighted by Crippen LogP contribution is -1.90. The molecule has 3 rings (SSSR count). The second-order valence-corrected chi connectivity index (χ2v) is 4.08. The quantitative estimate of drug-likeness (QED) is 0.559. The van der Waals surface area contributed by atoms with Gasteiger partial charge in [-0.25, -0.2) is 4.98 Å². The van der Waals surface area contributed by atoms with Gasteiger partial charge < -0.3 is 9.72 Å². The van der Waals surface area contributed by atoms with Crippen molar-refractivity contribution < 1.29 is 9.66 Å². The van der Waals surface area contributed by atoms with Crippen LogP contribution in [0.5, 0.6) is 5.75 Å². The number of aromatic amines is 2. The summed E-state index contributed by atoms with van der Waals surface area (Å²) in [4.78, 5) is 17.7. The molecular weight excluding hydrogens is 262 g/mol. The molecule has 2 heterocycles. The minimum Gasteiger partial charge on any atom is -0.494 e. The summed E-state index contributed by atoms with van der Waals surface area (Å²) < 4.78 is 5.40. The van der Waals surface area contributed by atoms with Crippen LogP contribution in [0.3, 0.4) is 0 Å². The lowest BCUT2D eigenvalue weighted by Gasteiger charge is -2.00. The summed E-state index contributed by atoms with van der Waals surface area (Å²) in [5.41, 5.74) is 1.58. The van der Waals surface area contributed by atoms with E-state index in [-0.39, 0.29) is 11.4 Å². The van der Waals surface area contributed by atoms with E-state index in [0.29, 0.717) is 23.7 Å². The van der Waals surface area contributed by atoms with Gasteiger partial charge in [0.2, 0.25) is 0 Å². The molecule has 1 aromatic carbocycles. The molecule has 0 spiro atoms. The van der Waals surface area contributed by atoms with Crippen molar-refractivity contribution in [3.8, 4) is 17.3 Å². The van der Waals surface area contributed by atoms with Crippen molar-refractivity contribution in [2.45, 2.75) is 6.92 Å². The molecule has 0 amide bonds. The third-order valence-corrected chi connectivity index (χ3v) is 2.82. The molecule has 0 atom stereocenters. The number of nitro groups is 1. The van der Waals surface area contributed by atoms with E-state index in [4.69, 9.17) is 4.74 Å². The zero-order valence-corrected chi connectivity index (χ0v) is 10.6. The van der Waals surface area contributed by atoms with Gasteiger partial charge in [-0.2, -0.15) is 5.10 Å². The Morgan fingerprint density at radius 1 is 1.45 bits per heavy atom. The maximum atomic E-state index is 10.9. The van der Waals surface area contributed by atoms with Crippen LogP contribution in [0.25, 0.3) is 22.6 Å². The van der Waals surface area contributed by atoms with E-state index in [1.807, 2.05) is 6.92 Å². The Morgan fingerprint density at radius 2 is 2.30 bits per heavy atom. The molecule has 20 heavy (non-hydrogen) atoms. The molecule has 0 fully saturated rings. The fraction of sp³-hybridized carbons (Fsp3) is 0.167. The minimum atomic E-state index is -0.502. The molecule has 102 valence electrons. The van der Waals surface area contributed by atoms with Gasteiger partial charge >= 0.3 is 5.69 Å². The molecule has 2 N–H and O–H groups in total. The Labute approximate surface area is 112 Å². The molecule has 8 nitrogen and oxygen atoms in total. The number of hydrogen-bond acceptors (Lipinski definition) is 5. The fourth-order valence-electron chi connectivity index (χ4n) is 1.96. The van der Waals surface area contributed by atoms with Crippen LogP contribution in [0, 0.1) is 10.1 Å². The van der Waals surface area contributed by atoms with E-state index < -0.39 is 4.92 Å². The highest BCUT2D eigenvalue weighted by atomic mass is 16.6. The number of ether oxygens (including phenoxy) is 1. The summed E-state index contributed by atoms with van der Waals surface area (Å²) in [7, 11) is 0. The molecule has 3 aromatic rings. The second kappa shape index (κ2) is 4.65. The highest BCUT2D eigenvalue weighted by Gasteiger charge is 2.20. The number of rotatable bonds is 4. The number of imidazole rings is 1. The van der Waals surface area contributed by atoms with Crippen LogP contribution in [0.15, 0.2) is 24.4 Å². The van der Waals surface area contributed by atoms with E-state index >= 15 is 0 Å². The smallest absolute Gasteiger partial charge is 0.317 e. The Morgan fingerprint density at radius 3 is 3.05 bits per heavy atom. The van der Waals surface area contributed by atoms with Crippen LogP contribution >= 0.6 is 0 Å². The van der Waals surface area contributed by atoms with E-state index in [1.165, 1.54) is 0 Å². The number of aromatic nitrogens is 4. The third-order valence-electron chi connectivity index (χ3n) is 2.82. The van der Waals surface area contributed by atoms with Crippen LogP contribution in [0.4, 0.5) is 5.69 Å². The third kappa shape index (κ3) is 1.96. The van der Waals surface area contributed by atoms with E-state index in [9.17, 15) is 10.1 Å². The highest BCUT2D eigenvalue weighted by molar-refractivity contribution is 5.81. The average molecular weight is 273 g/mol. The van der Waals surface area contributed by atoms with Gasteiger partial charge in [0.1, 0.15) is 11.9 Å². The second-order valence-electron chi connectivity index (χ2n) is 4.08. The zero-order valence-electron chi connectivity index (χ0n) is 10.6. The van der Waals surface area contributed by atoms with E-state index in [1.54, 1.807) is 18.2 Å². The SMILES string of the molecule is CCOc1ccc2nc(-c3[nH]ncc3[N+](=O)[O-])[nH]c2c1. The Hall–Kier alpha value is -2.90. The summed E-state index contributed by atoms with van der Waals surface area (Å²) in [5, 5.41) is 17.2. The number of fused-ring (bicyclic) bond motifs is 1. The largest absolute Gasteiger partial charge is 0.494 e. The van der Waals surface area contributed by atoms with Crippen LogP contribution in [-0.2, 0) is 0 Å². The van der Waals surface area contributed by atoms with Crippen LogP contribution in [-0.4, -0.2) is 31.7 Å². The van der Waals surface area contributed by atoms with Crippen molar-refractivity contribution in [2.24, 2.45) is 0 Å².